The fourth-order valence-electron chi connectivity index (χ4n) is 3.47. The van der Waals surface area contributed by atoms with E-state index in [0.717, 1.165) is 23.1 Å². The van der Waals surface area contributed by atoms with E-state index in [2.05, 4.69) is 10.1 Å². The van der Waals surface area contributed by atoms with Crippen LogP contribution >= 0.6 is 11.6 Å². The minimum atomic E-state index is -3.66. The van der Waals surface area contributed by atoms with Crippen LogP contribution in [0.3, 0.4) is 0 Å². The lowest BCUT2D eigenvalue weighted by atomic mass is 10.2. The van der Waals surface area contributed by atoms with Gasteiger partial charge in [0.1, 0.15) is 6.04 Å². The third-order valence-corrected chi connectivity index (χ3v) is 7.27. The van der Waals surface area contributed by atoms with Gasteiger partial charge in [0.2, 0.25) is 21.7 Å². The molecule has 146 valence electrons. The van der Waals surface area contributed by atoms with Crippen molar-refractivity contribution in [2.24, 2.45) is 0 Å². The first-order valence-electron chi connectivity index (χ1n) is 9.05. The highest BCUT2D eigenvalue weighted by Gasteiger charge is 2.40. The molecule has 1 aliphatic rings. The Bertz CT molecular complexity index is 1110. The third-order valence-electron chi connectivity index (χ3n) is 4.96. The lowest BCUT2D eigenvalue weighted by Gasteiger charge is -2.22. The van der Waals surface area contributed by atoms with Gasteiger partial charge in [-0.1, -0.05) is 28.9 Å². The summed E-state index contributed by atoms with van der Waals surface area (Å²) in [7, 11) is -3.66. The van der Waals surface area contributed by atoms with Gasteiger partial charge in [0.15, 0.2) is 0 Å². The summed E-state index contributed by atoms with van der Waals surface area (Å²) in [6.07, 6.45) is 1.39. The second kappa shape index (κ2) is 7.31. The fourth-order valence-corrected chi connectivity index (χ4v) is 5.56. The predicted molar refractivity (Wildman–Crippen MR) is 107 cm³/mol. The number of halogens is 1. The first-order valence-corrected chi connectivity index (χ1v) is 10.9. The number of sulfonamides is 1. The van der Waals surface area contributed by atoms with Gasteiger partial charge in [-0.2, -0.15) is 9.29 Å². The maximum absolute atomic E-state index is 13.3. The second-order valence-electron chi connectivity index (χ2n) is 7.01. The molecule has 0 spiro atoms. The quantitative estimate of drug-likeness (QED) is 0.623. The van der Waals surface area contributed by atoms with Gasteiger partial charge in [0.25, 0.3) is 0 Å². The van der Waals surface area contributed by atoms with Crippen LogP contribution in [0, 0.1) is 13.8 Å². The van der Waals surface area contributed by atoms with Gasteiger partial charge in [-0.25, -0.2) is 8.42 Å². The molecule has 0 saturated carbocycles. The zero-order valence-electron chi connectivity index (χ0n) is 15.6. The third kappa shape index (κ3) is 3.45. The molecule has 28 heavy (non-hydrogen) atoms. The number of aromatic nitrogens is 2. The van der Waals surface area contributed by atoms with Crippen LogP contribution in [-0.2, 0) is 10.0 Å². The van der Waals surface area contributed by atoms with Gasteiger partial charge in [-0.15, -0.1) is 0 Å². The van der Waals surface area contributed by atoms with Crippen molar-refractivity contribution in [2.75, 3.05) is 6.54 Å². The molecule has 0 amide bonds. The molecule has 1 aliphatic heterocycles. The molecule has 0 N–H and O–H groups in total. The predicted octanol–water partition coefficient (Wildman–Crippen LogP) is 4.53. The smallest absolute Gasteiger partial charge is 0.245 e. The average Bonchev–Trinajstić information content (AvgIpc) is 3.33. The molecule has 1 fully saturated rings. The van der Waals surface area contributed by atoms with Crippen molar-refractivity contribution in [2.45, 2.75) is 37.6 Å². The van der Waals surface area contributed by atoms with Crippen LogP contribution < -0.4 is 0 Å². The Labute approximate surface area is 169 Å². The summed E-state index contributed by atoms with van der Waals surface area (Å²) in [5, 5.41) is 4.65. The van der Waals surface area contributed by atoms with Gasteiger partial charge in [-0.3, -0.25) is 0 Å². The summed E-state index contributed by atoms with van der Waals surface area (Å²) in [6, 6.07) is 12.1. The minimum Gasteiger partial charge on any atom is -0.337 e. The van der Waals surface area contributed by atoms with Crippen molar-refractivity contribution in [3.8, 4) is 11.4 Å². The number of aryl methyl sites for hydroxylation is 2. The van der Waals surface area contributed by atoms with Gasteiger partial charge in [-0.05, 0) is 68.1 Å². The van der Waals surface area contributed by atoms with Crippen LogP contribution in [0.5, 0.6) is 0 Å². The van der Waals surface area contributed by atoms with Crippen LogP contribution in [0.15, 0.2) is 51.9 Å². The van der Waals surface area contributed by atoms with Crippen molar-refractivity contribution in [3.63, 3.8) is 0 Å². The molecule has 8 heteroatoms. The van der Waals surface area contributed by atoms with E-state index in [0.29, 0.717) is 34.6 Å². The van der Waals surface area contributed by atoms with Gasteiger partial charge in [0.05, 0.1) is 4.90 Å². The molecule has 1 atom stereocenters. The summed E-state index contributed by atoms with van der Waals surface area (Å²) in [6.45, 7) is 4.12. The van der Waals surface area contributed by atoms with Crippen molar-refractivity contribution >= 4 is 21.6 Å². The van der Waals surface area contributed by atoms with E-state index < -0.39 is 16.1 Å². The van der Waals surface area contributed by atoms with Crippen LogP contribution in [0.1, 0.15) is 35.9 Å². The molecular weight excluding hydrogens is 398 g/mol. The van der Waals surface area contributed by atoms with E-state index in [1.54, 1.807) is 30.3 Å². The molecule has 6 nitrogen and oxygen atoms in total. The van der Waals surface area contributed by atoms with Crippen LogP contribution in [0.4, 0.5) is 0 Å². The van der Waals surface area contributed by atoms with Crippen molar-refractivity contribution < 1.29 is 12.9 Å². The Kier molecular flexibility index (Phi) is 4.99. The first-order chi connectivity index (χ1) is 13.4. The fraction of sp³-hybridized carbons (Fsp3) is 0.300. The average molecular weight is 418 g/mol. The van der Waals surface area contributed by atoms with Crippen LogP contribution in [0.25, 0.3) is 11.4 Å². The summed E-state index contributed by atoms with van der Waals surface area (Å²) in [5.74, 6) is 0.735. The normalized spacial score (nSPS) is 17.9. The molecule has 3 aromatic rings. The Morgan fingerprint density at radius 1 is 1.14 bits per heavy atom. The maximum atomic E-state index is 13.3. The Morgan fingerprint density at radius 3 is 2.64 bits per heavy atom. The zero-order valence-corrected chi connectivity index (χ0v) is 17.2. The van der Waals surface area contributed by atoms with Gasteiger partial charge in [0, 0.05) is 17.1 Å². The molecule has 0 aliphatic carbocycles. The van der Waals surface area contributed by atoms with Crippen molar-refractivity contribution in [1.29, 1.82) is 0 Å². The number of benzene rings is 2. The molecule has 1 aromatic heterocycles. The van der Waals surface area contributed by atoms with E-state index in [9.17, 15) is 8.42 Å². The summed E-state index contributed by atoms with van der Waals surface area (Å²) in [5.41, 5.74) is 2.40. The van der Waals surface area contributed by atoms with Crippen molar-refractivity contribution in [3.05, 3.63) is 64.5 Å². The molecule has 0 bridgehead atoms. The number of rotatable bonds is 4. The summed E-state index contributed by atoms with van der Waals surface area (Å²) in [4.78, 5) is 4.79. The topological polar surface area (TPSA) is 76.3 Å². The van der Waals surface area contributed by atoms with Gasteiger partial charge >= 0.3 is 0 Å². The lowest BCUT2D eigenvalue weighted by molar-refractivity contribution is 0.290. The molecule has 0 radical (unpaired) electrons. The lowest BCUT2D eigenvalue weighted by Crippen LogP contribution is -2.31. The highest BCUT2D eigenvalue weighted by atomic mass is 35.5. The molecule has 2 heterocycles. The largest absolute Gasteiger partial charge is 0.337 e. The van der Waals surface area contributed by atoms with Gasteiger partial charge < -0.3 is 4.52 Å². The molecule has 0 unspecified atom stereocenters. The Balaban J connectivity index is 1.67. The molecule has 2 aromatic carbocycles. The number of nitrogens with zero attached hydrogens (tertiary/aromatic N) is 3. The molecular formula is C20H20ClN3O3S. The highest BCUT2D eigenvalue weighted by Crippen LogP contribution is 2.37. The monoisotopic (exact) mass is 417 g/mol. The van der Waals surface area contributed by atoms with E-state index in [1.807, 2.05) is 26.0 Å². The minimum absolute atomic E-state index is 0.316. The summed E-state index contributed by atoms with van der Waals surface area (Å²) >= 11 is 5.92. The highest BCUT2D eigenvalue weighted by molar-refractivity contribution is 7.89. The molecule has 4 rings (SSSR count). The number of hydrogen-bond donors (Lipinski definition) is 0. The standard InChI is InChI=1S/C20H20ClN3O3S/c1-13-5-6-14(2)18(12-13)28(25,26)24-11-3-4-17(24)20-22-19(23-27-20)15-7-9-16(21)10-8-15/h5-10,12,17H,3-4,11H2,1-2H3/t17-/m0/s1. The summed E-state index contributed by atoms with van der Waals surface area (Å²) < 4.78 is 33.6. The Morgan fingerprint density at radius 2 is 1.89 bits per heavy atom. The van der Waals surface area contributed by atoms with E-state index in [4.69, 9.17) is 16.1 Å². The van der Waals surface area contributed by atoms with Crippen LogP contribution in [0.2, 0.25) is 5.02 Å². The SMILES string of the molecule is Cc1ccc(C)c(S(=O)(=O)N2CCC[C@H]2c2nc(-c3ccc(Cl)cc3)no2)c1. The van der Waals surface area contributed by atoms with E-state index in [-0.39, 0.29) is 0 Å². The Hall–Kier alpha value is -2.22. The second-order valence-corrected chi connectivity index (χ2v) is 9.30. The van der Waals surface area contributed by atoms with E-state index >= 15 is 0 Å². The first kappa shape index (κ1) is 19.1. The zero-order chi connectivity index (χ0) is 19.9. The van der Waals surface area contributed by atoms with Crippen LogP contribution in [-0.4, -0.2) is 29.4 Å². The maximum Gasteiger partial charge on any atom is 0.245 e. The van der Waals surface area contributed by atoms with E-state index in [1.165, 1.54) is 4.31 Å². The molecule has 1 saturated heterocycles. The van der Waals surface area contributed by atoms with Crippen molar-refractivity contribution in [1.82, 2.24) is 14.4 Å². The number of hydrogen-bond acceptors (Lipinski definition) is 5.